The Morgan fingerprint density at radius 1 is 1.40 bits per heavy atom. The summed E-state index contributed by atoms with van der Waals surface area (Å²) in [6, 6.07) is 7.91. The Labute approximate surface area is 130 Å². The molecule has 1 aliphatic heterocycles. The van der Waals surface area contributed by atoms with Gasteiger partial charge in [0, 0.05) is 32.3 Å². The first kappa shape index (κ1) is 13.9. The fraction of sp³-hybridized carbons (Fsp3) is 0.333. The average Bonchev–Trinajstić information content (AvgIpc) is 2.78. The van der Waals surface area contributed by atoms with Gasteiger partial charge in [-0.3, -0.25) is 0 Å². The fourth-order valence-electron chi connectivity index (χ4n) is 2.42. The Balaban J connectivity index is 1.92. The highest BCUT2D eigenvalue weighted by molar-refractivity contribution is 9.10. The molecule has 20 heavy (non-hydrogen) atoms. The Bertz CT molecular complexity index is 621. The quantitative estimate of drug-likeness (QED) is 0.872. The Morgan fingerprint density at radius 3 is 2.85 bits per heavy atom. The van der Waals surface area contributed by atoms with Crippen molar-refractivity contribution in [3.05, 3.63) is 44.1 Å². The number of thiophene rings is 1. The number of benzene rings is 1. The van der Waals surface area contributed by atoms with Crippen LogP contribution in [-0.4, -0.2) is 7.11 Å². The van der Waals surface area contributed by atoms with Crippen LogP contribution in [0.5, 0.6) is 11.5 Å². The van der Waals surface area contributed by atoms with Crippen molar-refractivity contribution in [1.29, 1.82) is 0 Å². The van der Waals surface area contributed by atoms with Gasteiger partial charge in [0.1, 0.15) is 17.6 Å². The van der Waals surface area contributed by atoms with E-state index >= 15 is 0 Å². The maximum Gasteiger partial charge on any atom is 0.135 e. The van der Waals surface area contributed by atoms with Gasteiger partial charge in [-0.05, 0) is 47.1 Å². The van der Waals surface area contributed by atoms with Crippen LogP contribution in [0.15, 0.2) is 28.7 Å². The Hall–Kier alpha value is -1.04. The van der Waals surface area contributed by atoms with Crippen molar-refractivity contribution in [1.82, 2.24) is 0 Å². The zero-order valence-corrected chi connectivity index (χ0v) is 13.8. The van der Waals surface area contributed by atoms with E-state index in [0.29, 0.717) is 0 Å². The summed E-state index contributed by atoms with van der Waals surface area (Å²) >= 11 is 5.31. The summed E-state index contributed by atoms with van der Waals surface area (Å²) in [5.74, 6) is 1.67. The van der Waals surface area contributed by atoms with Crippen LogP contribution in [0.1, 0.15) is 33.9 Å². The molecule has 3 nitrogen and oxygen atoms in total. The van der Waals surface area contributed by atoms with Gasteiger partial charge in [-0.1, -0.05) is 0 Å². The molecule has 1 aromatic heterocycles. The number of hydrogen-bond donors (Lipinski definition) is 1. The molecule has 0 saturated heterocycles. The summed E-state index contributed by atoms with van der Waals surface area (Å²) in [6.07, 6.45) is 0.813. The maximum atomic E-state index is 6.30. The largest absolute Gasteiger partial charge is 0.497 e. The van der Waals surface area contributed by atoms with E-state index in [9.17, 15) is 0 Å². The summed E-state index contributed by atoms with van der Waals surface area (Å²) in [7, 11) is 1.66. The Kier molecular flexibility index (Phi) is 3.75. The third kappa shape index (κ3) is 2.45. The number of ether oxygens (including phenoxy) is 2. The summed E-state index contributed by atoms with van der Waals surface area (Å²) in [4.78, 5) is 2.48. The minimum atomic E-state index is -0.0277. The fourth-order valence-corrected chi connectivity index (χ4v) is 4.03. The number of halogens is 1. The molecule has 0 fully saturated rings. The molecule has 0 spiro atoms. The normalized spacial score (nSPS) is 21.2. The zero-order valence-electron chi connectivity index (χ0n) is 11.4. The van der Waals surface area contributed by atoms with Crippen molar-refractivity contribution in [3.63, 3.8) is 0 Å². The topological polar surface area (TPSA) is 44.5 Å². The van der Waals surface area contributed by atoms with Crippen LogP contribution in [-0.2, 0) is 0 Å². The van der Waals surface area contributed by atoms with Crippen LogP contribution in [0.4, 0.5) is 0 Å². The minimum absolute atomic E-state index is 0.0277. The van der Waals surface area contributed by atoms with E-state index in [4.69, 9.17) is 15.2 Å². The molecule has 3 rings (SSSR count). The van der Waals surface area contributed by atoms with E-state index in [0.717, 1.165) is 28.0 Å². The van der Waals surface area contributed by atoms with Gasteiger partial charge >= 0.3 is 0 Å². The summed E-state index contributed by atoms with van der Waals surface area (Å²) in [5, 5.41) is 0. The molecule has 1 aromatic carbocycles. The first-order valence-corrected chi connectivity index (χ1v) is 8.05. The van der Waals surface area contributed by atoms with Crippen molar-refractivity contribution in [2.45, 2.75) is 25.5 Å². The van der Waals surface area contributed by atoms with Crippen LogP contribution < -0.4 is 15.2 Å². The lowest BCUT2D eigenvalue weighted by Crippen LogP contribution is -2.23. The molecule has 5 heteroatoms. The van der Waals surface area contributed by atoms with Crippen LogP contribution >= 0.6 is 27.3 Å². The molecule has 0 saturated carbocycles. The van der Waals surface area contributed by atoms with Gasteiger partial charge in [0.25, 0.3) is 0 Å². The second kappa shape index (κ2) is 5.39. The predicted octanol–water partition coefficient (Wildman–Crippen LogP) is 4.35. The second-order valence-electron chi connectivity index (χ2n) is 4.91. The van der Waals surface area contributed by atoms with Crippen LogP contribution in [0, 0.1) is 6.92 Å². The lowest BCUT2D eigenvalue weighted by atomic mass is 9.96. The predicted molar refractivity (Wildman–Crippen MR) is 84.7 cm³/mol. The smallest absolute Gasteiger partial charge is 0.135 e. The van der Waals surface area contributed by atoms with Gasteiger partial charge in [0.2, 0.25) is 0 Å². The van der Waals surface area contributed by atoms with Gasteiger partial charge in [0.15, 0.2) is 0 Å². The molecule has 2 atom stereocenters. The highest BCUT2D eigenvalue weighted by Crippen LogP contribution is 2.43. The van der Waals surface area contributed by atoms with Crippen molar-refractivity contribution >= 4 is 27.3 Å². The van der Waals surface area contributed by atoms with E-state index in [-0.39, 0.29) is 12.1 Å². The summed E-state index contributed by atoms with van der Waals surface area (Å²) in [6.45, 7) is 2.10. The third-order valence-corrected chi connectivity index (χ3v) is 5.78. The summed E-state index contributed by atoms with van der Waals surface area (Å²) < 4.78 is 12.5. The van der Waals surface area contributed by atoms with Crippen LogP contribution in [0.25, 0.3) is 0 Å². The molecule has 0 bridgehead atoms. The van der Waals surface area contributed by atoms with E-state index in [2.05, 4.69) is 28.9 Å². The molecule has 2 aromatic rings. The first-order chi connectivity index (χ1) is 9.58. The number of nitrogens with two attached hydrogens (primary N) is 1. The molecule has 1 unspecified atom stereocenters. The highest BCUT2D eigenvalue weighted by atomic mass is 79.9. The molecule has 0 amide bonds. The number of aryl methyl sites for hydroxylation is 1. The lowest BCUT2D eigenvalue weighted by molar-refractivity contribution is 0.164. The van der Waals surface area contributed by atoms with E-state index in [1.165, 1.54) is 9.75 Å². The standard InChI is InChI=1S/C15H16BrNO2S/c1-8-11(16)6-15(20-8)14-7-12(17)10-5-9(18-2)3-4-13(10)19-14/h3-6,12,14H,7,17H2,1-2H3/t12-,14?/m1/s1. The number of hydrogen-bond acceptors (Lipinski definition) is 4. The lowest BCUT2D eigenvalue weighted by Gasteiger charge is -2.30. The molecular weight excluding hydrogens is 338 g/mol. The molecule has 0 radical (unpaired) electrons. The number of rotatable bonds is 2. The van der Waals surface area contributed by atoms with Gasteiger partial charge in [-0.25, -0.2) is 0 Å². The van der Waals surface area contributed by atoms with Crippen LogP contribution in [0.2, 0.25) is 0 Å². The number of methoxy groups -OCH3 is 1. The molecule has 106 valence electrons. The minimum Gasteiger partial charge on any atom is -0.497 e. The van der Waals surface area contributed by atoms with Gasteiger partial charge in [0.05, 0.1) is 7.11 Å². The monoisotopic (exact) mass is 353 g/mol. The van der Waals surface area contributed by atoms with Crippen molar-refractivity contribution in [2.24, 2.45) is 5.73 Å². The molecule has 1 aliphatic rings. The average molecular weight is 354 g/mol. The highest BCUT2D eigenvalue weighted by Gasteiger charge is 2.28. The first-order valence-electron chi connectivity index (χ1n) is 6.44. The second-order valence-corrected chi connectivity index (χ2v) is 7.05. The van der Waals surface area contributed by atoms with Crippen molar-refractivity contribution in [3.8, 4) is 11.5 Å². The van der Waals surface area contributed by atoms with E-state index in [1.807, 2.05) is 18.2 Å². The molecular formula is C15H16BrNO2S. The molecule has 2 N–H and O–H groups in total. The molecule has 0 aliphatic carbocycles. The maximum absolute atomic E-state index is 6.30. The SMILES string of the molecule is COc1ccc2c(c1)[C@H](N)CC(c1cc(Br)c(C)s1)O2. The van der Waals surface area contributed by atoms with Crippen LogP contribution in [0.3, 0.4) is 0 Å². The van der Waals surface area contributed by atoms with E-state index in [1.54, 1.807) is 18.4 Å². The molecule has 2 heterocycles. The van der Waals surface area contributed by atoms with E-state index < -0.39 is 0 Å². The number of fused-ring (bicyclic) bond motifs is 1. The van der Waals surface area contributed by atoms with Crippen molar-refractivity contribution in [2.75, 3.05) is 7.11 Å². The zero-order chi connectivity index (χ0) is 14.3. The summed E-state index contributed by atoms with van der Waals surface area (Å²) in [5.41, 5.74) is 7.32. The third-order valence-electron chi connectivity index (χ3n) is 3.55. The van der Waals surface area contributed by atoms with Crippen molar-refractivity contribution < 1.29 is 9.47 Å². The Morgan fingerprint density at radius 2 is 2.20 bits per heavy atom. The van der Waals surface area contributed by atoms with Gasteiger partial charge in [-0.2, -0.15) is 0 Å². The van der Waals surface area contributed by atoms with Gasteiger partial charge < -0.3 is 15.2 Å². The van der Waals surface area contributed by atoms with Gasteiger partial charge in [-0.15, -0.1) is 11.3 Å².